The maximum Gasteiger partial charge on any atom is 0.335 e. The number of carbonyl (C=O) groups is 3. The van der Waals surface area contributed by atoms with Gasteiger partial charge in [0, 0.05) is 18.4 Å². The number of carboxylic acids is 1. The molecule has 0 aliphatic heterocycles. The average Bonchev–Trinajstić information content (AvgIpc) is 3.14. The van der Waals surface area contributed by atoms with Crippen molar-refractivity contribution < 1.29 is 24.2 Å². The van der Waals surface area contributed by atoms with E-state index < -0.39 is 5.97 Å². The summed E-state index contributed by atoms with van der Waals surface area (Å²) in [7, 11) is 1.40. The first-order chi connectivity index (χ1) is 13.0. The molecule has 140 valence electrons. The number of amides is 1. The van der Waals surface area contributed by atoms with E-state index in [1.165, 1.54) is 36.4 Å². The van der Waals surface area contributed by atoms with Crippen molar-refractivity contribution in [2.45, 2.75) is 32.1 Å². The normalized spacial score (nSPS) is 12.3. The Labute approximate surface area is 157 Å². The molecule has 0 unspecified atom stereocenters. The van der Waals surface area contributed by atoms with Gasteiger partial charge in [-0.15, -0.1) is 0 Å². The van der Waals surface area contributed by atoms with E-state index in [1.54, 1.807) is 0 Å². The number of methoxy groups -OCH3 is 1. The first-order valence-corrected chi connectivity index (χ1v) is 8.84. The molecule has 1 amide bonds. The Morgan fingerprint density at radius 1 is 1.00 bits per heavy atom. The number of carboxylic acid groups (broad SMARTS) is 1. The fourth-order valence-corrected chi connectivity index (χ4v) is 3.26. The molecule has 6 nitrogen and oxygen atoms in total. The Balaban J connectivity index is 1.59. The molecule has 2 aromatic rings. The monoisotopic (exact) mass is 367 g/mol. The molecule has 6 heteroatoms. The molecule has 3 rings (SSSR count). The lowest BCUT2D eigenvalue weighted by atomic mass is 10.0. The van der Waals surface area contributed by atoms with Gasteiger partial charge >= 0.3 is 5.97 Å². The van der Waals surface area contributed by atoms with E-state index in [0.29, 0.717) is 11.3 Å². The minimum Gasteiger partial charge on any atom is -0.495 e. The van der Waals surface area contributed by atoms with Crippen molar-refractivity contribution in [2.24, 2.45) is 0 Å². The lowest BCUT2D eigenvalue weighted by Gasteiger charge is -2.11. The van der Waals surface area contributed by atoms with Crippen LogP contribution in [0.5, 0.6) is 5.75 Å². The summed E-state index contributed by atoms with van der Waals surface area (Å²) < 4.78 is 5.13. The van der Waals surface area contributed by atoms with E-state index >= 15 is 0 Å². The molecule has 0 atom stereocenters. The lowest BCUT2D eigenvalue weighted by molar-refractivity contribution is -0.116. The summed E-state index contributed by atoms with van der Waals surface area (Å²) in [5, 5.41) is 11.7. The fourth-order valence-electron chi connectivity index (χ4n) is 3.26. The van der Waals surface area contributed by atoms with Crippen LogP contribution in [0.1, 0.15) is 51.1 Å². The molecule has 0 heterocycles. The minimum atomic E-state index is -1.08. The van der Waals surface area contributed by atoms with E-state index in [2.05, 4.69) is 5.32 Å². The highest BCUT2D eigenvalue weighted by molar-refractivity contribution is 6.00. The van der Waals surface area contributed by atoms with Gasteiger partial charge in [0.1, 0.15) is 5.75 Å². The van der Waals surface area contributed by atoms with Gasteiger partial charge in [0.15, 0.2) is 5.78 Å². The second kappa shape index (κ2) is 8.03. The maximum absolute atomic E-state index is 12.4. The first-order valence-electron chi connectivity index (χ1n) is 8.84. The zero-order chi connectivity index (χ0) is 19.4. The van der Waals surface area contributed by atoms with Gasteiger partial charge in [-0.3, -0.25) is 9.59 Å². The number of nitrogens with one attached hydrogen (secondary N) is 1. The van der Waals surface area contributed by atoms with E-state index in [1.807, 2.05) is 18.2 Å². The number of ketones is 1. The molecule has 2 aromatic carbocycles. The Hall–Kier alpha value is -3.15. The topological polar surface area (TPSA) is 92.7 Å². The molecular weight excluding hydrogens is 346 g/mol. The van der Waals surface area contributed by atoms with Gasteiger partial charge in [-0.05, 0) is 54.7 Å². The SMILES string of the molecule is COc1cc(C(=O)O)ccc1NC(=O)CCC(=O)c1ccc2c(c1)CCC2. The second-order valence-corrected chi connectivity index (χ2v) is 6.53. The Morgan fingerprint density at radius 2 is 1.74 bits per heavy atom. The van der Waals surface area contributed by atoms with Gasteiger partial charge in [-0.1, -0.05) is 12.1 Å². The van der Waals surface area contributed by atoms with Crippen LogP contribution in [-0.4, -0.2) is 29.9 Å². The molecule has 0 spiro atoms. The molecule has 1 aliphatic carbocycles. The zero-order valence-electron chi connectivity index (χ0n) is 15.1. The highest BCUT2D eigenvalue weighted by Crippen LogP contribution is 2.26. The van der Waals surface area contributed by atoms with Crippen molar-refractivity contribution >= 4 is 23.3 Å². The lowest BCUT2D eigenvalue weighted by Crippen LogP contribution is -2.14. The third kappa shape index (κ3) is 4.34. The summed E-state index contributed by atoms with van der Waals surface area (Å²) in [6, 6.07) is 9.98. The molecule has 1 aliphatic rings. The number of fused-ring (bicyclic) bond motifs is 1. The molecule has 0 radical (unpaired) electrons. The Bertz CT molecular complexity index is 903. The van der Waals surface area contributed by atoms with Crippen LogP contribution in [0, 0.1) is 0 Å². The summed E-state index contributed by atoms with van der Waals surface area (Å²) in [4.78, 5) is 35.6. The van der Waals surface area contributed by atoms with Crippen molar-refractivity contribution in [2.75, 3.05) is 12.4 Å². The molecule has 0 saturated carbocycles. The van der Waals surface area contributed by atoms with E-state index in [0.717, 1.165) is 19.3 Å². The average molecular weight is 367 g/mol. The van der Waals surface area contributed by atoms with E-state index in [-0.39, 0.29) is 35.8 Å². The summed E-state index contributed by atoms with van der Waals surface area (Å²) in [5.41, 5.74) is 3.62. The number of rotatable bonds is 7. The number of hydrogen-bond donors (Lipinski definition) is 2. The zero-order valence-corrected chi connectivity index (χ0v) is 15.1. The number of carbonyl (C=O) groups excluding carboxylic acids is 2. The molecular formula is C21H21NO5. The van der Waals surface area contributed by atoms with Crippen LogP contribution >= 0.6 is 0 Å². The molecule has 0 bridgehead atoms. The minimum absolute atomic E-state index is 0.0414. The predicted molar refractivity (Wildman–Crippen MR) is 101 cm³/mol. The molecule has 0 fully saturated rings. The highest BCUT2D eigenvalue weighted by atomic mass is 16.5. The van der Waals surface area contributed by atoms with Crippen LogP contribution in [0.25, 0.3) is 0 Å². The van der Waals surface area contributed by atoms with Gasteiger partial charge in [0.05, 0.1) is 18.4 Å². The number of ether oxygens (including phenoxy) is 1. The van der Waals surface area contributed by atoms with Crippen LogP contribution in [0.2, 0.25) is 0 Å². The number of benzene rings is 2. The van der Waals surface area contributed by atoms with Crippen molar-refractivity contribution in [1.82, 2.24) is 0 Å². The van der Waals surface area contributed by atoms with Gasteiger partial charge in [0.25, 0.3) is 0 Å². The third-order valence-corrected chi connectivity index (χ3v) is 4.72. The Kier molecular flexibility index (Phi) is 5.54. The number of hydrogen-bond acceptors (Lipinski definition) is 4. The maximum atomic E-state index is 12.4. The van der Waals surface area contributed by atoms with Crippen LogP contribution in [0.4, 0.5) is 5.69 Å². The summed E-state index contributed by atoms with van der Waals surface area (Å²) >= 11 is 0. The van der Waals surface area contributed by atoms with Crippen LogP contribution in [0.3, 0.4) is 0 Å². The van der Waals surface area contributed by atoms with Crippen molar-refractivity contribution in [3.63, 3.8) is 0 Å². The summed E-state index contributed by atoms with van der Waals surface area (Å²) in [5.74, 6) is -1.21. The molecule has 0 saturated heterocycles. The van der Waals surface area contributed by atoms with Crippen LogP contribution in [-0.2, 0) is 17.6 Å². The highest BCUT2D eigenvalue weighted by Gasteiger charge is 2.16. The quantitative estimate of drug-likeness (QED) is 0.731. The largest absolute Gasteiger partial charge is 0.495 e. The van der Waals surface area contributed by atoms with Gasteiger partial charge in [-0.2, -0.15) is 0 Å². The summed E-state index contributed by atoms with van der Waals surface area (Å²) in [6.45, 7) is 0. The Morgan fingerprint density at radius 3 is 2.48 bits per heavy atom. The van der Waals surface area contributed by atoms with Gasteiger partial charge in [-0.25, -0.2) is 4.79 Å². The van der Waals surface area contributed by atoms with Crippen LogP contribution in [0.15, 0.2) is 36.4 Å². The second-order valence-electron chi connectivity index (χ2n) is 6.53. The van der Waals surface area contributed by atoms with Crippen LogP contribution < -0.4 is 10.1 Å². The third-order valence-electron chi connectivity index (χ3n) is 4.72. The van der Waals surface area contributed by atoms with Gasteiger partial charge < -0.3 is 15.2 Å². The molecule has 2 N–H and O–H groups in total. The fraction of sp³-hybridized carbons (Fsp3) is 0.286. The van der Waals surface area contributed by atoms with Gasteiger partial charge in [0.2, 0.25) is 5.91 Å². The predicted octanol–water partition coefficient (Wildman–Crippen LogP) is 3.48. The molecule has 0 aromatic heterocycles. The summed E-state index contributed by atoms with van der Waals surface area (Å²) in [6.07, 6.45) is 3.34. The number of aryl methyl sites for hydroxylation is 2. The van der Waals surface area contributed by atoms with Crippen molar-refractivity contribution in [3.8, 4) is 5.75 Å². The van der Waals surface area contributed by atoms with E-state index in [4.69, 9.17) is 9.84 Å². The first kappa shape index (κ1) is 18.6. The number of Topliss-reactive ketones (excluding diaryl/α,β-unsaturated/α-hetero) is 1. The number of anilines is 1. The van der Waals surface area contributed by atoms with E-state index in [9.17, 15) is 14.4 Å². The smallest absolute Gasteiger partial charge is 0.335 e. The standard InChI is InChI=1S/C21H21NO5/c1-27-19-12-16(21(25)26)7-8-17(19)22-20(24)10-9-18(23)15-6-5-13-3-2-4-14(13)11-15/h5-8,11-12H,2-4,9-10H2,1H3,(H,22,24)(H,25,26). The molecule has 27 heavy (non-hydrogen) atoms. The van der Waals surface area contributed by atoms with Crippen molar-refractivity contribution in [1.29, 1.82) is 0 Å². The van der Waals surface area contributed by atoms with Crippen molar-refractivity contribution in [3.05, 3.63) is 58.7 Å². The number of aromatic carboxylic acids is 1.